The van der Waals surface area contributed by atoms with Gasteiger partial charge >= 0.3 is 0 Å². The monoisotopic (exact) mass is 488 g/mol. The van der Waals surface area contributed by atoms with Crippen LogP contribution in [-0.4, -0.2) is 35.1 Å². The average Bonchev–Trinajstić information content (AvgIpc) is 2.88. The Morgan fingerprint density at radius 2 is 1.51 bits per heavy atom. The molecule has 0 unspecified atom stereocenters. The zero-order valence-corrected chi connectivity index (χ0v) is 21.6. The first kappa shape index (κ1) is 26.6. The number of thioether (sulfide) groups is 1. The molecule has 1 N–H and O–H groups in total. The van der Waals surface area contributed by atoms with Crippen LogP contribution in [0.4, 0.5) is 0 Å². The lowest BCUT2D eigenvalue weighted by molar-refractivity contribution is -0.139. The van der Waals surface area contributed by atoms with Crippen molar-refractivity contribution < 1.29 is 9.59 Å². The van der Waals surface area contributed by atoms with Crippen LogP contribution in [0.5, 0.6) is 0 Å². The number of hydrogen-bond donors (Lipinski definition) is 1. The van der Waals surface area contributed by atoms with Crippen molar-refractivity contribution in [3.8, 4) is 0 Å². The van der Waals surface area contributed by atoms with Crippen molar-refractivity contribution >= 4 is 23.6 Å². The number of carbonyl (C=O) groups excluding carboxylic acids is 2. The molecule has 2 amide bonds. The van der Waals surface area contributed by atoms with Gasteiger partial charge in [-0.1, -0.05) is 98.3 Å². The van der Waals surface area contributed by atoms with Crippen molar-refractivity contribution in [2.75, 3.05) is 12.3 Å². The third-order valence-electron chi connectivity index (χ3n) is 6.04. The van der Waals surface area contributed by atoms with Gasteiger partial charge in [0, 0.05) is 25.3 Å². The quantitative estimate of drug-likeness (QED) is 0.310. The highest BCUT2D eigenvalue weighted by Crippen LogP contribution is 2.20. The fourth-order valence-corrected chi connectivity index (χ4v) is 4.82. The highest BCUT2D eigenvalue weighted by molar-refractivity contribution is 7.99. The van der Waals surface area contributed by atoms with E-state index in [9.17, 15) is 9.59 Å². The van der Waals surface area contributed by atoms with Gasteiger partial charge in [-0.25, -0.2) is 0 Å². The van der Waals surface area contributed by atoms with Gasteiger partial charge in [-0.3, -0.25) is 9.59 Å². The van der Waals surface area contributed by atoms with E-state index in [-0.39, 0.29) is 11.8 Å². The Hall–Kier alpha value is -3.05. The normalized spacial score (nSPS) is 11.6. The average molecular weight is 489 g/mol. The van der Waals surface area contributed by atoms with Crippen LogP contribution in [0.1, 0.15) is 42.0 Å². The fraction of sp³-hybridized carbons (Fsp3) is 0.333. The van der Waals surface area contributed by atoms with Gasteiger partial charge in [0.1, 0.15) is 6.04 Å². The Balaban J connectivity index is 1.84. The molecule has 0 bridgehead atoms. The highest BCUT2D eigenvalue weighted by Gasteiger charge is 2.30. The third kappa shape index (κ3) is 8.59. The maximum absolute atomic E-state index is 13.6. The molecular weight excluding hydrogens is 452 g/mol. The van der Waals surface area contributed by atoms with Gasteiger partial charge in [0.05, 0.1) is 5.75 Å². The molecule has 0 saturated heterocycles. The summed E-state index contributed by atoms with van der Waals surface area (Å²) in [5.74, 6) is 0.989. The van der Waals surface area contributed by atoms with Crippen molar-refractivity contribution in [1.82, 2.24) is 10.2 Å². The summed E-state index contributed by atoms with van der Waals surface area (Å²) in [5.41, 5.74) is 4.41. The van der Waals surface area contributed by atoms with Crippen molar-refractivity contribution in [2.45, 2.75) is 51.4 Å². The second-order valence-corrected chi connectivity index (χ2v) is 9.76. The van der Waals surface area contributed by atoms with Crippen molar-refractivity contribution in [2.24, 2.45) is 0 Å². The summed E-state index contributed by atoms with van der Waals surface area (Å²) < 4.78 is 0. The third-order valence-corrected chi connectivity index (χ3v) is 7.03. The Labute approximate surface area is 214 Å². The first-order valence-corrected chi connectivity index (χ1v) is 13.5. The van der Waals surface area contributed by atoms with Gasteiger partial charge in [-0.2, -0.15) is 0 Å². The highest BCUT2D eigenvalue weighted by atomic mass is 32.2. The number of rotatable bonds is 13. The minimum atomic E-state index is -0.571. The molecule has 0 fully saturated rings. The predicted molar refractivity (Wildman–Crippen MR) is 146 cm³/mol. The summed E-state index contributed by atoms with van der Waals surface area (Å²) in [4.78, 5) is 28.9. The van der Waals surface area contributed by atoms with E-state index < -0.39 is 6.04 Å². The molecule has 0 spiro atoms. The van der Waals surface area contributed by atoms with Crippen LogP contribution in [0.3, 0.4) is 0 Å². The largest absolute Gasteiger partial charge is 0.354 e. The number of amides is 2. The lowest BCUT2D eigenvalue weighted by atomic mass is 10.0. The standard InChI is InChI=1S/C30H36N2O2S/c1-3-4-19-31-30(34)28(20-25-14-7-5-8-15-25)32(21-27-18-12-11-13-24(27)2)29(33)23-35-22-26-16-9-6-10-17-26/h5-18,28H,3-4,19-23H2,1-2H3,(H,31,34)/t28-/m0/s1. The lowest BCUT2D eigenvalue weighted by Crippen LogP contribution is -2.51. The first-order chi connectivity index (χ1) is 17.1. The molecule has 0 radical (unpaired) electrons. The fourth-order valence-electron chi connectivity index (χ4n) is 3.94. The van der Waals surface area contributed by atoms with E-state index in [0.717, 1.165) is 35.3 Å². The molecule has 0 aliphatic rings. The van der Waals surface area contributed by atoms with E-state index in [1.54, 1.807) is 16.7 Å². The van der Waals surface area contributed by atoms with E-state index >= 15 is 0 Å². The van der Waals surface area contributed by atoms with E-state index in [2.05, 4.69) is 37.4 Å². The molecule has 0 heterocycles. The molecule has 4 nitrogen and oxygen atoms in total. The molecule has 0 aliphatic carbocycles. The van der Waals surface area contributed by atoms with E-state index in [4.69, 9.17) is 0 Å². The Morgan fingerprint density at radius 1 is 0.886 bits per heavy atom. The second-order valence-electron chi connectivity index (χ2n) is 8.78. The zero-order valence-electron chi connectivity index (χ0n) is 20.8. The van der Waals surface area contributed by atoms with Crippen LogP contribution >= 0.6 is 11.8 Å². The summed E-state index contributed by atoms with van der Waals surface area (Å²) in [6.45, 7) is 5.19. The number of aryl methyl sites for hydroxylation is 1. The molecule has 0 aromatic heterocycles. The topological polar surface area (TPSA) is 49.4 Å². The Morgan fingerprint density at radius 3 is 2.17 bits per heavy atom. The number of nitrogens with one attached hydrogen (secondary N) is 1. The van der Waals surface area contributed by atoms with Crippen LogP contribution < -0.4 is 5.32 Å². The summed E-state index contributed by atoms with van der Waals surface area (Å²) >= 11 is 1.59. The number of benzene rings is 3. The molecular formula is C30H36N2O2S. The molecule has 5 heteroatoms. The summed E-state index contributed by atoms with van der Waals surface area (Å²) in [6.07, 6.45) is 2.41. The maximum Gasteiger partial charge on any atom is 0.243 e. The number of hydrogen-bond acceptors (Lipinski definition) is 3. The molecule has 3 aromatic rings. The Kier molecular flexibility index (Phi) is 10.9. The maximum atomic E-state index is 13.6. The number of nitrogens with zero attached hydrogens (tertiary/aromatic N) is 1. The zero-order chi connectivity index (χ0) is 24.9. The Bertz CT molecular complexity index is 1060. The predicted octanol–water partition coefficient (Wildman–Crippen LogP) is 5.78. The van der Waals surface area contributed by atoms with Crippen molar-refractivity contribution in [3.63, 3.8) is 0 Å². The molecule has 1 atom stereocenters. The first-order valence-electron chi connectivity index (χ1n) is 12.4. The summed E-state index contributed by atoms with van der Waals surface area (Å²) in [5, 5.41) is 3.08. The number of carbonyl (C=O) groups is 2. The van der Waals surface area contributed by atoms with Gasteiger partial charge in [-0.15, -0.1) is 11.8 Å². The molecule has 0 saturated carbocycles. The van der Waals surface area contributed by atoms with Crippen LogP contribution in [-0.2, 0) is 28.3 Å². The molecule has 184 valence electrons. The van der Waals surface area contributed by atoms with Crippen LogP contribution in [0.2, 0.25) is 0 Å². The van der Waals surface area contributed by atoms with E-state index in [0.29, 0.717) is 25.3 Å². The van der Waals surface area contributed by atoms with Crippen LogP contribution in [0.15, 0.2) is 84.9 Å². The van der Waals surface area contributed by atoms with Gasteiger partial charge in [0.25, 0.3) is 0 Å². The van der Waals surface area contributed by atoms with Crippen molar-refractivity contribution in [1.29, 1.82) is 0 Å². The molecule has 0 aliphatic heterocycles. The minimum absolute atomic E-state index is 0.0132. The van der Waals surface area contributed by atoms with Gasteiger partial charge in [0.15, 0.2) is 0 Å². The molecule has 3 aromatic carbocycles. The second kappa shape index (κ2) is 14.4. The van der Waals surface area contributed by atoms with Gasteiger partial charge < -0.3 is 10.2 Å². The van der Waals surface area contributed by atoms with Crippen LogP contribution in [0.25, 0.3) is 0 Å². The van der Waals surface area contributed by atoms with Gasteiger partial charge in [0.2, 0.25) is 11.8 Å². The van der Waals surface area contributed by atoms with Gasteiger partial charge in [-0.05, 0) is 35.6 Å². The SMILES string of the molecule is CCCCNC(=O)[C@H](Cc1ccccc1)N(Cc1ccccc1C)C(=O)CSCc1ccccc1. The summed E-state index contributed by atoms with van der Waals surface area (Å²) in [6, 6.07) is 27.6. The minimum Gasteiger partial charge on any atom is -0.354 e. The van der Waals surface area contributed by atoms with Crippen molar-refractivity contribution in [3.05, 3.63) is 107 Å². The van der Waals surface area contributed by atoms with E-state index in [1.807, 2.05) is 66.7 Å². The summed E-state index contributed by atoms with van der Waals surface area (Å²) in [7, 11) is 0. The number of unbranched alkanes of at least 4 members (excludes halogenated alkanes) is 1. The molecule has 35 heavy (non-hydrogen) atoms. The lowest BCUT2D eigenvalue weighted by Gasteiger charge is -2.32. The smallest absolute Gasteiger partial charge is 0.243 e. The molecule has 3 rings (SSSR count). The van der Waals surface area contributed by atoms with E-state index in [1.165, 1.54) is 5.56 Å². The van der Waals surface area contributed by atoms with Crippen LogP contribution in [0, 0.1) is 6.92 Å².